The number of nitrogens with zero attached hydrogens (tertiary/aromatic N) is 1. The second-order valence-electron chi connectivity index (χ2n) is 6.33. The molecule has 2 atom stereocenters. The minimum atomic E-state index is -0.867. The van der Waals surface area contributed by atoms with Crippen LogP contribution >= 0.6 is 0 Å². The predicted molar refractivity (Wildman–Crippen MR) is 81.6 cm³/mol. The van der Waals surface area contributed by atoms with E-state index >= 15 is 0 Å². The summed E-state index contributed by atoms with van der Waals surface area (Å²) in [6, 6.07) is 1.91. The fraction of sp³-hybridized carbons (Fsp3) is 0.625. The fourth-order valence-electron chi connectivity index (χ4n) is 2.85. The molecule has 5 heteroatoms. The van der Waals surface area contributed by atoms with Gasteiger partial charge in [-0.25, -0.2) is 0 Å². The Labute approximate surface area is 126 Å². The largest absolute Gasteiger partial charge is 0.378 e. The van der Waals surface area contributed by atoms with Crippen LogP contribution in [0.15, 0.2) is 18.5 Å². The molecule has 2 unspecified atom stereocenters. The van der Waals surface area contributed by atoms with Crippen LogP contribution in [0.25, 0.3) is 0 Å². The minimum Gasteiger partial charge on any atom is -0.378 e. The van der Waals surface area contributed by atoms with Gasteiger partial charge in [-0.15, -0.1) is 0 Å². The van der Waals surface area contributed by atoms with E-state index in [0.717, 1.165) is 11.1 Å². The second-order valence-corrected chi connectivity index (χ2v) is 6.33. The van der Waals surface area contributed by atoms with E-state index in [1.807, 2.05) is 33.8 Å². The number of nitrogens with one attached hydrogen (secondary N) is 1. The average Bonchev–Trinajstić information content (AvgIpc) is 2.45. The first kappa shape index (κ1) is 15.9. The van der Waals surface area contributed by atoms with Gasteiger partial charge in [-0.3, -0.25) is 9.78 Å². The van der Waals surface area contributed by atoms with Crippen molar-refractivity contribution >= 4 is 5.91 Å². The van der Waals surface area contributed by atoms with E-state index < -0.39 is 5.54 Å². The van der Waals surface area contributed by atoms with Crippen molar-refractivity contribution in [3.8, 4) is 0 Å². The number of carbonyl (C=O) groups excluding carboxylic acids is 1. The van der Waals surface area contributed by atoms with Crippen molar-refractivity contribution in [1.82, 2.24) is 10.3 Å². The Kier molecular flexibility index (Phi) is 4.35. The smallest absolute Gasteiger partial charge is 0.241 e. The molecular formula is C16H25N3O2. The minimum absolute atomic E-state index is 0.0425. The highest BCUT2D eigenvalue weighted by Crippen LogP contribution is 2.49. The lowest BCUT2D eigenvalue weighted by Gasteiger charge is -2.57. The van der Waals surface area contributed by atoms with E-state index in [1.165, 1.54) is 0 Å². The normalized spacial score (nSPS) is 27.0. The Balaban J connectivity index is 2.00. The Hall–Kier alpha value is -1.46. The first-order chi connectivity index (χ1) is 9.83. The van der Waals surface area contributed by atoms with Crippen LogP contribution in [-0.2, 0) is 16.1 Å². The van der Waals surface area contributed by atoms with Gasteiger partial charge in [0.15, 0.2) is 0 Å². The van der Waals surface area contributed by atoms with Crippen LogP contribution in [0.4, 0.5) is 0 Å². The number of pyridine rings is 1. The molecule has 0 radical (unpaired) electrons. The van der Waals surface area contributed by atoms with E-state index in [-0.39, 0.29) is 17.4 Å². The van der Waals surface area contributed by atoms with E-state index in [0.29, 0.717) is 19.6 Å². The highest BCUT2D eigenvalue weighted by Gasteiger charge is 2.62. The summed E-state index contributed by atoms with van der Waals surface area (Å²) < 4.78 is 5.65. The monoisotopic (exact) mass is 291 g/mol. The summed E-state index contributed by atoms with van der Waals surface area (Å²) in [5, 5.41) is 2.95. The Morgan fingerprint density at radius 3 is 2.86 bits per heavy atom. The van der Waals surface area contributed by atoms with Crippen molar-refractivity contribution in [2.24, 2.45) is 11.1 Å². The molecule has 1 aromatic heterocycles. The molecule has 1 fully saturated rings. The van der Waals surface area contributed by atoms with Gasteiger partial charge in [-0.05, 0) is 31.0 Å². The molecule has 0 aromatic carbocycles. The van der Waals surface area contributed by atoms with Gasteiger partial charge < -0.3 is 15.8 Å². The quantitative estimate of drug-likeness (QED) is 0.862. The maximum atomic E-state index is 12.5. The van der Waals surface area contributed by atoms with E-state index in [1.54, 1.807) is 12.4 Å². The number of aryl methyl sites for hydroxylation is 1. The fourth-order valence-corrected chi connectivity index (χ4v) is 2.85. The van der Waals surface area contributed by atoms with Gasteiger partial charge in [0.2, 0.25) is 5.91 Å². The molecule has 0 bridgehead atoms. The predicted octanol–water partition coefficient (Wildman–Crippen LogP) is 1.54. The molecule has 0 spiro atoms. The standard InChI is InChI=1S/C16H25N3O2/c1-5-21-13-8-16(17,15(13,3)4)14(20)19-10-12-6-7-18-9-11(12)2/h6-7,9,13H,5,8,10,17H2,1-4H3,(H,19,20). The maximum Gasteiger partial charge on any atom is 0.241 e. The molecule has 1 aromatic rings. The van der Waals surface area contributed by atoms with E-state index in [2.05, 4.69) is 10.3 Å². The van der Waals surface area contributed by atoms with E-state index in [4.69, 9.17) is 10.5 Å². The molecule has 2 rings (SSSR count). The van der Waals surface area contributed by atoms with Gasteiger partial charge in [-0.2, -0.15) is 0 Å². The number of hydrogen-bond donors (Lipinski definition) is 2. The number of rotatable bonds is 5. The second kappa shape index (κ2) is 5.73. The Morgan fingerprint density at radius 2 is 2.29 bits per heavy atom. The van der Waals surface area contributed by atoms with Crippen LogP contribution in [0, 0.1) is 12.3 Å². The van der Waals surface area contributed by atoms with Gasteiger partial charge in [-0.1, -0.05) is 13.8 Å². The summed E-state index contributed by atoms with van der Waals surface area (Å²) in [5.74, 6) is -0.111. The summed E-state index contributed by atoms with van der Waals surface area (Å²) in [5.41, 5.74) is 7.23. The lowest BCUT2D eigenvalue weighted by molar-refractivity contribution is -0.170. The zero-order chi connectivity index (χ0) is 15.7. The molecule has 0 aliphatic heterocycles. The van der Waals surface area contributed by atoms with Crippen molar-refractivity contribution in [3.63, 3.8) is 0 Å². The summed E-state index contributed by atoms with van der Waals surface area (Å²) in [6.45, 7) is 9.04. The lowest BCUT2D eigenvalue weighted by atomic mass is 9.54. The molecule has 1 aliphatic rings. The lowest BCUT2D eigenvalue weighted by Crippen LogP contribution is -2.75. The highest BCUT2D eigenvalue weighted by molar-refractivity contribution is 5.88. The topological polar surface area (TPSA) is 77.2 Å². The molecule has 3 N–H and O–H groups in total. The van der Waals surface area contributed by atoms with Gasteiger partial charge >= 0.3 is 0 Å². The number of hydrogen-bond acceptors (Lipinski definition) is 4. The molecule has 5 nitrogen and oxygen atoms in total. The number of ether oxygens (including phenoxy) is 1. The van der Waals surface area contributed by atoms with Crippen LogP contribution in [0.2, 0.25) is 0 Å². The summed E-state index contributed by atoms with van der Waals surface area (Å²) in [4.78, 5) is 16.5. The molecule has 1 amide bonds. The zero-order valence-corrected chi connectivity index (χ0v) is 13.3. The van der Waals surface area contributed by atoms with Crippen molar-refractivity contribution in [3.05, 3.63) is 29.6 Å². The van der Waals surface area contributed by atoms with Crippen molar-refractivity contribution in [2.45, 2.75) is 52.3 Å². The molecule has 0 saturated heterocycles. The molecule has 116 valence electrons. The van der Waals surface area contributed by atoms with E-state index in [9.17, 15) is 4.79 Å². The summed E-state index contributed by atoms with van der Waals surface area (Å²) in [7, 11) is 0. The number of amides is 1. The van der Waals surface area contributed by atoms with Gasteiger partial charge in [0.1, 0.15) is 5.54 Å². The van der Waals surface area contributed by atoms with Crippen LogP contribution in [0.1, 0.15) is 38.3 Å². The maximum absolute atomic E-state index is 12.5. The SMILES string of the molecule is CCOC1CC(N)(C(=O)NCc2ccncc2C)C1(C)C. The third kappa shape index (κ3) is 2.68. The Morgan fingerprint density at radius 1 is 1.57 bits per heavy atom. The van der Waals surface area contributed by atoms with Gasteiger partial charge in [0.25, 0.3) is 0 Å². The summed E-state index contributed by atoms with van der Waals surface area (Å²) >= 11 is 0. The summed E-state index contributed by atoms with van der Waals surface area (Å²) in [6.07, 6.45) is 4.12. The van der Waals surface area contributed by atoms with Crippen LogP contribution < -0.4 is 11.1 Å². The average molecular weight is 291 g/mol. The zero-order valence-electron chi connectivity index (χ0n) is 13.3. The first-order valence-electron chi connectivity index (χ1n) is 7.41. The van der Waals surface area contributed by atoms with Crippen molar-refractivity contribution in [1.29, 1.82) is 0 Å². The Bertz CT molecular complexity index is 530. The number of aromatic nitrogens is 1. The molecule has 21 heavy (non-hydrogen) atoms. The van der Waals surface area contributed by atoms with Crippen LogP contribution in [0.3, 0.4) is 0 Å². The molecule has 1 saturated carbocycles. The molecule has 1 aliphatic carbocycles. The van der Waals surface area contributed by atoms with Crippen LogP contribution in [-0.4, -0.2) is 29.1 Å². The van der Waals surface area contributed by atoms with Crippen molar-refractivity contribution in [2.75, 3.05) is 6.61 Å². The first-order valence-corrected chi connectivity index (χ1v) is 7.41. The van der Waals surface area contributed by atoms with Crippen LogP contribution in [0.5, 0.6) is 0 Å². The third-order valence-electron chi connectivity index (χ3n) is 4.81. The third-order valence-corrected chi connectivity index (χ3v) is 4.81. The molecule has 1 heterocycles. The number of nitrogens with two attached hydrogens (primary N) is 1. The van der Waals surface area contributed by atoms with Gasteiger partial charge in [0.05, 0.1) is 6.10 Å². The van der Waals surface area contributed by atoms with Crippen molar-refractivity contribution < 1.29 is 9.53 Å². The van der Waals surface area contributed by atoms with Gasteiger partial charge in [0, 0.05) is 37.4 Å². The highest BCUT2D eigenvalue weighted by atomic mass is 16.5. The number of carbonyl (C=O) groups is 1. The molecular weight excluding hydrogens is 266 g/mol.